The lowest BCUT2D eigenvalue weighted by atomic mass is 10.0. The Labute approximate surface area is 134 Å². The molecule has 0 aliphatic rings. The Morgan fingerprint density at radius 1 is 1.14 bits per heavy atom. The predicted octanol–water partition coefficient (Wildman–Crippen LogP) is 4.72. The van der Waals surface area contributed by atoms with E-state index in [1.54, 1.807) is 13.8 Å². The van der Waals surface area contributed by atoms with Crippen LogP contribution in [-0.4, -0.2) is 11.2 Å². The molecule has 2 aromatic carbocycles. The Balaban J connectivity index is 2.12. The molecule has 5 heteroatoms. The number of anilines is 1. The van der Waals surface area contributed by atoms with Gasteiger partial charge in [-0.05, 0) is 43.0 Å². The third-order valence-electron chi connectivity index (χ3n) is 3.64. The second-order valence-electron chi connectivity index (χ2n) is 5.10. The summed E-state index contributed by atoms with van der Waals surface area (Å²) in [5.41, 5.74) is 3.48. The number of ether oxygens (including phenoxy) is 1. The van der Waals surface area contributed by atoms with Crippen molar-refractivity contribution in [2.45, 2.75) is 27.4 Å². The van der Waals surface area contributed by atoms with Gasteiger partial charge in [0.25, 0.3) is 0 Å². The van der Waals surface area contributed by atoms with Crippen molar-refractivity contribution in [2.75, 3.05) is 5.32 Å². The van der Waals surface area contributed by atoms with Crippen molar-refractivity contribution in [1.82, 2.24) is 0 Å². The van der Waals surface area contributed by atoms with Gasteiger partial charge in [0.05, 0.1) is 10.7 Å². The monoisotopic (exact) mass is 319 g/mol. The number of carbonyl (C=O) groups is 1. The first kappa shape index (κ1) is 16.2. The van der Waals surface area contributed by atoms with E-state index in [0.29, 0.717) is 16.8 Å². The van der Waals surface area contributed by atoms with Gasteiger partial charge in [-0.15, -0.1) is 0 Å². The molecule has 0 spiro atoms. The molecular weight excluding hydrogens is 302 g/mol. The van der Waals surface area contributed by atoms with Gasteiger partial charge in [0.15, 0.2) is 0 Å². The summed E-state index contributed by atoms with van der Waals surface area (Å²) in [6, 6.07) is 9.43. The molecule has 0 saturated carbocycles. The van der Waals surface area contributed by atoms with Crippen LogP contribution in [0.4, 0.5) is 10.5 Å². The first-order valence-corrected chi connectivity index (χ1v) is 7.25. The maximum absolute atomic E-state index is 12.0. The van der Waals surface area contributed by atoms with Crippen molar-refractivity contribution in [2.24, 2.45) is 0 Å². The van der Waals surface area contributed by atoms with Gasteiger partial charge in [0.2, 0.25) is 0 Å². The van der Waals surface area contributed by atoms with Crippen LogP contribution in [0.5, 0.6) is 5.75 Å². The minimum atomic E-state index is -0.559. The Kier molecular flexibility index (Phi) is 4.93. The quantitative estimate of drug-likeness (QED) is 0.805. The van der Waals surface area contributed by atoms with Gasteiger partial charge < -0.3 is 9.84 Å². The standard InChI is InChI=1S/C17H18ClNO3/c1-10-11(2)16(20)14(18)12(3)15(10)19-17(21)22-9-13-7-5-4-6-8-13/h4-8,20H,9H2,1-3H3,(H,19,21). The van der Waals surface area contributed by atoms with E-state index in [0.717, 1.165) is 11.1 Å². The molecule has 0 heterocycles. The molecule has 0 aliphatic carbocycles. The molecule has 116 valence electrons. The van der Waals surface area contributed by atoms with Gasteiger partial charge >= 0.3 is 6.09 Å². The van der Waals surface area contributed by atoms with Gasteiger partial charge in [-0.25, -0.2) is 4.79 Å². The molecule has 4 nitrogen and oxygen atoms in total. The number of rotatable bonds is 3. The first-order valence-electron chi connectivity index (χ1n) is 6.87. The zero-order valence-corrected chi connectivity index (χ0v) is 13.5. The molecule has 1 amide bonds. The minimum Gasteiger partial charge on any atom is -0.506 e. The van der Waals surface area contributed by atoms with Gasteiger partial charge in [0, 0.05) is 0 Å². The summed E-state index contributed by atoms with van der Waals surface area (Å²) in [5.74, 6) is 0.0415. The fourth-order valence-electron chi connectivity index (χ4n) is 2.15. The number of amides is 1. The van der Waals surface area contributed by atoms with E-state index in [-0.39, 0.29) is 17.4 Å². The highest BCUT2D eigenvalue weighted by Gasteiger charge is 2.17. The Morgan fingerprint density at radius 2 is 1.77 bits per heavy atom. The van der Waals surface area contributed by atoms with E-state index >= 15 is 0 Å². The molecule has 0 bridgehead atoms. The van der Waals surface area contributed by atoms with Gasteiger partial charge in [-0.2, -0.15) is 0 Å². The fraction of sp³-hybridized carbons (Fsp3) is 0.235. The third kappa shape index (κ3) is 3.34. The Bertz CT molecular complexity index is 670. The van der Waals surface area contributed by atoms with Crippen molar-refractivity contribution in [1.29, 1.82) is 0 Å². The predicted molar refractivity (Wildman–Crippen MR) is 87.6 cm³/mol. The normalized spacial score (nSPS) is 10.4. The van der Waals surface area contributed by atoms with Crippen LogP contribution >= 0.6 is 11.6 Å². The number of phenolic OH excluding ortho intramolecular Hbond substituents is 1. The second kappa shape index (κ2) is 6.71. The van der Waals surface area contributed by atoms with Crippen LogP contribution in [0.2, 0.25) is 5.02 Å². The zero-order valence-electron chi connectivity index (χ0n) is 12.7. The summed E-state index contributed by atoms with van der Waals surface area (Å²) in [5, 5.41) is 12.8. The van der Waals surface area contributed by atoms with Crippen molar-refractivity contribution in [3.05, 3.63) is 57.6 Å². The molecule has 0 aliphatic heterocycles. The fourth-order valence-corrected chi connectivity index (χ4v) is 2.38. The smallest absolute Gasteiger partial charge is 0.411 e. The molecule has 0 fully saturated rings. The van der Waals surface area contributed by atoms with E-state index in [9.17, 15) is 9.90 Å². The highest BCUT2D eigenvalue weighted by molar-refractivity contribution is 6.33. The van der Waals surface area contributed by atoms with Gasteiger partial charge in [-0.1, -0.05) is 41.9 Å². The van der Waals surface area contributed by atoms with Crippen molar-refractivity contribution < 1.29 is 14.6 Å². The molecule has 0 radical (unpaired) electrons. The summed E-state index contributed by atoms with van der Waals surface area (Å²) in [7, 11) is 0. The Hall–Kier alpha value is -2.20. The summed E-state index contributed by atoms with van der Waals surface area (Å²) in [6.45, 7) is 5.48. The zero-order chi connectivity index (χ0) is 16.3. The van der Waals surface area contributed by atoms with E-state index < -0.39 is 6.09 Å². The maximum Gasteiger partial charge on any atom is 0.411 e. The average Bonchev–Trinajstić information content (AvgIpc) is 2.54. The lowest BCUT2D eigenvalue weighted by Crippen LogP contribution is -2.15. The van der Waals surface area contributed by atoms with Crippen molar-refractivity contribution >= 4 is 23.4 Å². The van der Waals surface area contributed by atoms with Crippen LogP contribution in [-0.2, 0) is 11.3 Å². The summed E-state index contributed by atoms with van der Waals surface area (Å²) in [6.07, 6.45) is -0.559. The van der Waals surface area contributed by atoms with Crippen LogP contribution in [0, 0.1) is 20.8 Å². The summed E-state index contributed by atoms with van der Waals surface area (Å²) < 4.78 is 5.20. The summed E-state index contributed by atoms with van der Waals surface area (Å²) >= 11 is 6.07. The van der Waals surface area contributed by atoms with Crippen LogP contribution in [0.25, 0.3) is 0 Å². The van der Waals surface area contributed by atoms with E-state index in [4.69, 9.17) is 16.3 Å². The SMILES string of the molecule is Cc1c(C)c(NC(=O)OCc2ccccc2)c(C)c(Cl)c1O. The third-order valence-corrected chi connectivity index (χ3v) is 4.11. The molecule has 0 saturated heterocycles. The van der Waals surface area contributed by atoms with Crippen molar-refractivity contribution in [3.8, 4) is 5.75 Å². The minimum absolute atomic E-state index is 0.0415. The average molecular weight is 320 g/mol. The van der Waals surface area contributed by atoms with E-state index in [1.807, 2.05) is 37.3 Å². The highest BCUT2D eigenvalue weighted by Crippen LogP contribution is 2.38. The molecule has 0 unspecified atom stereocenters. The van der Waals surface area contributed by atoms with E-state index in [1.165, 1.54) is 0 Å². The number of aromatic hydroxyl groups is 1. The number of carbonyl (C=O) groups excluding carboxylic acids is 1. The lowest BCUT2D eigenvalue weighted by Gasteiger charge is -2.17. The summed E-state index contributed by atoms with van der Waals surface area (Å²) in [4.78, 5) is 12.0. The first-order chi connectivity index (χ1) is 10.4. The van der Waals surface area contributed by atoms with Crippen LogP contribution in [0.1, 0.15) is 22.3 Å². The maximum atomic E-state index is 12.0. The van der Waals surface area contributed by atoms with Crippen LogP contribution in [0.15, 0.2) is 30.3 Å². The highest BCUT2D eigenvalue weighted by atomic mass is 35.5. The number of hydrogen-bond acceptors (Lipinski definition) is 3. The number of hydrogen-bond donors (Lipinski definition) is 2. The Morgan fingerprint density at radius 3 is 2.41 bits per heavy atom. The molecule has 2 rings (SSSR count). The topological polar surface area (TPSA) is 58.6 Å². The molecule has 0 atom stereocenters. The number of halogens is 1. The molecule has 2 aromatic rings. The lowest BCUT2D eigenvalue weighted by molar-refractivity contribution is 0.155. The molecule has 2 N–H and O–H groups in total. The number of benzene rings is 2. The molecule has 22 heavy (non-hydrogen) atoms. The number of phenols is 1. The second-order valence-corrected chi connectivity index (χ2v) is 5.48. The van der Waals surface area contributed by atoms with Gasteiger partial charge in [0.1, 0.15) is 12.4 Å². The van der Waals surface area contributed by atoms with Crippen LogP contribution < -0.4 is 5.32 Å². The van der Waals surface area contributed by atoms with Crippen molar-refractivity contribution in [3.63, 3.8) is 0 Å². The van der Waals surface area contributed by atoms with Gasteiger partial charge in [-0.3, -0.25) is 5.32 Å². The molecular formula is C17H18ClNO3. The number of nitrogens with one attached hydrogen (secondary N) is 1. The molecule has 0 aromatic heterocycles. The van der Waals surface area contributed by atoms with Crippen LogP contribution in [0.3, 0.4) is 0 Å². The van der Waals surface area contributed by atoms with E-state index in [2.05, 4.69) is 5.32 Å². The largest absolute Gasteiger partial charge is 0.506 e.